The Kier molecular flexibility index (Phi) is 7.26. The number of benzene rings is 1. The fraction of sp³-hybridized carbons (Fsp3) is 0.400. The van der Waals surface area contributed by atoms with Gasteiger partial charge in [0.2, 0.25) is 5.91 Å². The van der Waals surface area contributed by atoms with Crippen LogP contribution >= 0.6 is 11.6 Å². The molecule has 0 heterocycles. The Morgan fingerprint density at radius 3 is 2.80 bits per heavy atom. The first-order valence-corrected chi connectivity index (χ1v) is 6.91. The van der Waals surface area contributed by atoms with Gasteiger partial charge in [-0.1, -0.05) is 17.7 Å². The van der Waals surface area contributed by atoms with Crippen molar-refractivity contribution in [3.8, 4) is 0 Å². The van der Waals surface area contributed by atoms with E-state index in [0.717, 1.165) is 19.3 Å². The number of likely N-dealkylation sites (N-methyl/N-ethyl adjacent to an activating group) is 1. The van der Waals surface area contributed by atoms with Crippen LogP contribution in [0.1, 0.15) is 24.8 Å². The van der Waals surface area contributed by atoms with Gasteiger partial charge in [-0.25, -0.2) is 4.39 Å². The number of aliphatic hydroxyl groups excluding tert-OH is 1. The molecule has 1 amide bonds. The molecule has 1 aromatic carbocycles. The van der Waals surface area contributed by atoms with Crippen LogP contribution in [0, 0.1) is 5.82 Å². The average molecular weight is 300 g/mol. The van der Waals surface area contributed by atoms with Gasteiger partial charge < -0.3 is 10.0 Å². The maximum Gasteiger partial charge on any atom is 0.246 e. The number of unbranched alkanes of at least 4 members (excludes halogenated alkanes) is 2. The second-order valence-electron chi connectivity index (χ2n) is 4.55. The van der Waals surface area contributed by atoms with Crippen molar-refractivity contribution in [3.05, 3.63) is 40.7 Å². The summed E-state index contributed by atoms with van der Waals surface area (Å²) in [5.74, 6) is -0.592. The predicted octanol–water partition coefficient (Wildman–Crippen LogP) is 3.11. The quantitative estimate of drug-likeness (QED) is 0.621. The number of rotatable bonds is 7. The number of carbonyl (C=O) groups excluding carboxylic acids is 1. The summed E-state index contributed by atoms with van der Waals surface area (Å²) in [5.41, 5.74) is 0.679. The molecule has 0 saturated heterocycles. The summed E-state index contributed by atoms with van der Waals surface area (Å²) in [6, 6.07) is 4.30. The van der Waals surface area contributed by atoms with Gasteiger partial charge in [-0.15, -0.1) is 0 Å². The fourth-order valence-corrected chi connectivity index (χ4v) is 1.85. The predicted molar refractivity (Wildman–Crippen MR) is 79.0 cm³/mol. The van der Waals surface area contributed by atoms with E-state index in [1.807, 2.05) is 0 Å². The second kappa shape index (κ2) is 8.72. The number of aliphatic hydroxyl groups is 1. The van der Waals surface area contributed by atoms with Gasteiger partial charge in [-0.3, -0.25) is 4.79 Å². The zero-order valence-corrected chi connectivity index (χ0v) is 12.2. The van der Waals surface area contributed by atoms with Crippen LogP contribution in [0.4, 0.5) is 4.39 Å². The SMILES string of the molecule is CN(CCCCCO)C(=O)/C=C/c1ccc(F)c(Cl)c1. The van der Waals surface area contributed by atoms with Crippen molar-refractivity contribution in [2.24, 2.45) is 0 Å². The molecular weight excluding hydrogens is 281 g/mol. The number of amides is 1. The molecule has 0 unspecified atom stereocenters. The third kappa shape index (κ3) is 5.72. The van der Waals surface area contributed by atoms with Gasteiger partial charge in [-0.2, -0.15) is 0 Å². The maximum absolute atomic E-state index is 13.0. The van der Waals surface area contributed by atoms with Crippen LogP contribution in [0.2, 0.25) is 5.02 Å². The van der Waals surface area contributed by atoms with Gasteiger partial charge in [0.25, 0.3) is 0 Å². The van der Waals surface area contributed by atoms with Crippen molar-refractivity contribution >= 4 is 23.6 Å². The van der Waals surface area contributed by atoms with Crippen LogP contribution in [0.5, 0.6) is 0 Å². The summed E-state index contributed by atoms with van der Waals surface area (Å²) in [6.45, 7) is 0.830. The summed E-state index contributed by atoms with van der Waals surface area (Å²) in [4.78, 5) is 13.4. The van der Waals surface area contributed by atoms with Gasteiger partial charge in [0.05, 0.1) is 5.02 Å². The lowest BCUT2D eigenvalue weighted by Crippen LogP contribution is -2.25. The molecule has 0 fully saturated rings. The molecule has 0 spiro atoms. The average Bonchev–Trinajstić information content (AvgIpc) is 2.44. The molecule has 0 radical (unpaired) electrons. The number of halogens is 2. The van der Waals surface area contributed by atoms with Gasteiger partial charge >= 0.3 is 0 Å². The topological polar surface area (TPSA) is 40.5 Å². The molecule has 0 aliphatic rings. The van der Waals surface area contributed by atoms with Crippen LogP contribution in [0.25, 0.3) is 6.08 Å². The van der Waals surface area contributed by atoms with Gasteiger partial charge in [0.15, 0.2) is 0 Å². The molecule has 0 aromatic heterocycles. The first-order chi connectivity index (χ1) is 9.54. The highest BCUT2D eigenvalue weighted by Crippen LogP contribution is 2.16. The Hall–Kier alpha value is -1.39. The molecular formula is C15H19ClFNO2. The lowest BCUT2D eigenvalue weighted by molar-refractivity contribution is -0.124. The zero-order chi connectivity index (χ0) is 15.0. The van der Waals surface area contributed by atoms with Crippen molar-refractivity contribution in [2.75, 3.05) is 20.2 Å². The Bertz CT molecular complexity index is 477. The maximum atomic E-state index is 13.0. The van der Waals surface area contributed by atoms with Crippen molar-refractivity contribution in [2.45, 2.75) is 19.3 Å². The molecule has 0 atom stereocenters. The third-order valence-electron chi connectivity index (χ3n) is 2.89. The van der Waals surface area contributed by atoms with Crippen LogP contribution in [-0.2, 0) is 4.79 Å². The van der Waals surface area contributed by atoms with E-state index in [9.17, 15) is 9.18 Å². The smallest absolute Gasteiger partial charge is 0.246 e. The first-order valence-electron chi connectivity index (χ1n) is 6.53. The Morgan fingerprint density at radius 2 is 2.15 bits per heavy atom. The normalized spacial score (nSPS) is 11.0. The lowest BCUT2D eigenvalue weighted by atomic mass is 10.2. The molecule has 0 saturated carbocycles. The molecule has 110 valence electrons. The lowest BCUT2D eigenvalue weighted by Gasteiger charge is -2.14. The Morgan fingerprint density at radius 1 is 1.40 bits per heavy atom. The Balaban J connectivity index is 2.47. The van der Waals surface area contributed by atoms with E-state index in [4.69, 9.17) is 16.7 Å². The fourth-order valence-electron chi connectivity index (χ4n) is 1.66. The van der Waals surface area contributed by atoms with Gasteiger partial charge in [0, 0.05) is 26.3 Å². The molecule has 20 heavy (non-hydrogen) atoms. The number of hydrogen-bond donors (Lipinski definition) is 1. The minimum absolute atomic E-state index is 0.0388. The van der Waals surface area contributed by atoms with E-state index in [2.05, 4.69) is 0 Å². The van der Waals surface area contributed by atoms with E-state index in [-0.39, 0.29) is 17.5 Å². The molecule has 0 aliphatic carbocycles. The van der Waals surface area contributed by atoms with E-state index in [1.165, 1.54) is 18.2 Å². The minimum Gasteiger partial charge on any atom is -0.396 e. The van der Waals surface area contributed by atoms with E-state index < -0.39 is 5.82 Å². The molecule has 0 bridgehead atoms. The largest absolute Gasteiger partial charge is 0.396 e. The monoisotopic (exact) mass is 299 g/mol. The summed E-state index contributed by atoms with van der Waals surface area (Å²) < 4.78 is 13.0. The summed E-state index contributed by atoms with van der Waals surface area (Å²) in [6.07, 6.45) is 5.56. The Labute approximate surface area is 123 Å². The van der Waals surface area contributed by atoms with Crippen LogP contribution in [0.15, 0.2) is 24.3 Å². The standard InChI is InChI=1S/C15H19ClFNO2/c1-18(9-3-2-4-10-19)15(20)8-6-12-5-7-14(17)13(16)11-12/h5-8,11,19H,2-4,9-10H2,1H3/b8-6+. The van der Waals surface area contributed by atoms with E-state index in [0.29, 0.717) is 12.1 Å². The van der Waals surface area contributed by atoms with Crippen LogP contribution < -0.4 is 0 Å². The highest BCUT2D eigenvalue weighted by atomic mass is 35.5. The van der Waals surface area contributed by atoms with Crippen LogP contribution in [0.3, 0.4) is 0 Å². The minimum atomic E-state index is -0.476. The summed E-state index contributed by atoms with van der Waals surface area (Å²) in [5, 5.41) is 8.70. The number of carbonyl (C=O) groups is 1. The van der Waals surface area contributed by atoms with Crippen molar-refractivity contribution < 1.29 is 14.3 Å². The molecule has 1 rings (SSSR count). The van der Waals surface area contributed by atoms with Crippen LogP contribution in [-0.4, -0.2) is 36.1 Å². The molecule has 0 aliphatic heterocycles. The summed E-state index contributed by atoms with van der Waals surface area (Å²) >= 11 is 5.67. The zero-order valence-electron chi connectivity index (χ0n) is 11.5. The molecule has 1 N–H and O–H groups in total. The van der Waals surface area contributed by atoms with E-state index in [1.54, 1.807) is 24.1 Å². The highest BCUT2D eigenvalue weighted by molar-refractivity contribution is 6.30. The van der Waals surface area contributed by atoms with E-state index >= 15 is 0 Å². The number of hydrogen-bond acceptors (Lipinski definition) is 2. The molecule has 1 aromatic rings. The highest BCUT2D eigenvalue weighted by Gasteiger charge is 2.04. The van der Waals surface area contributed by atoms with Gasteiger partial charge in [-0.05, 0) is 43.0 Å². The number of nitrogens with zero attached hydrogens (tertiary/aromatic N) is 1. The third-order valence-corrected chi connectivity index (χ3v) is 3.18. The first kappa shape index (κ1) is 16.7. The van der Waals surface area contributed by atoms with Gasteiger partial charge in [0.1, 0.15) is 5.82 Å². The van der Waals surface area contributed by atoms with Crippen molar-refractivity contribution in [1.82, 2.24) is 4.90 Å². The molecule has 3 nitrogen and oxygen atoms in total. The van der Waals surface area contributed by atoms with Crippen molar-refractivity contribution in [1.29, 1.82) is 0 Å². The second-order valence-corrected chi connectivity index (χ2v) is 4.96. The summed E-state index contributed by atoms with van der Waals surface area (Å²) in [7, 11) is 1.73. The van der Waals surface area contributed by atoms with Crippen molar-refractivity contribution in [3.63, 3.8) is 0 Å². The molecule has 5 heteroatoms.